The molecule has 0 amide bonds. The molecule has 0 spiro atoms. The number of rotatable bonds is 4. The monoisotopic (exact) mass is 405 g/mol. The fourth-order valence-corrected chi connectivity index (χ4v) is 3.64. The van der Waals surface area contributed by atoms with E-state index in [0.29, 0.717) is 55.7 Å². The average molecular weight is 405 g/mol. The number of morpholine rings is 1. The third-order valence-electron chi connectivity index (χ3n) is 5.11. The Morgan fingerprint density at radius 1 is 1.03 bits per heavy atom. The number of halogens is 1. The zero-order valence-electron chi connectivity index (χ0n) is 16.2. The van der Waals surface area contributed by atoms with Crippen LogP contribution in [0.25, 0.3) is 22.4 Å². The molecule has 0 bridgehead atoms. The smallest absolute Gasteiger partial charge is 0.228 e. The van der Waals surface area contributed by atoms with E-state index in [4.69, 9.17) is 14.7 Å². The summed E-state index contributed by atoms with van der Waals surface area (Å²) in [6.07, 6.45) is 1.69. The Balaban J connectivity index is 1.65. The van der Waals surface area contributed by atoms with Gasteiger partial charge in [-0.2, -0.15) is 4.98 Å². The highest BCUT2D eigenvalue weighted by Gasteiger charge is 2.20. The van der Waals surface area contributed by atoms with Crippen LogP contribution in [0.5, 0.6) is 5.75 Å². The number of benzene rings is 2. The number of imidazole rings is 1. The average Bonchev–Trinajstić information content (AvgIpc) is 3.16. The predicted molar refractivity (Wildman–Crippen MR) is 111 cm³/mol. The molecule has 0 atom stereocenters. The summed E-state index contributed by atoms with van der Waals surface area (Å²) in [5.74, 6) is 0.470. The van der Waals surface area contributed by atoms with Gasteiger partial charge in [-0.25, -0.2) is 14.4 Å². The Hall–Kier alpha value is -3.52. The van der Waals surface area contributed by atoms with Crippen LogP contribution in [0.4, 0.5) is 10.3 Å². The number of anilines is 1. The van der Waals surface area contributed by atoms with Crippen molar-refractivity contribution in [2.24, 2.45) is 0 Å². The minimum Gasteiger partial charge on any atom is -0.508 e. The summed E-state index contributed by atoms with van der Waals surface area (Å²) in [6, 6.07) is 13.4. The molecule has 4 aromatic rings. The first-order valence-corrected chi connectivity index (χ1v) is 9.77. The van der Waals surface area contributed by atoms with E-state index >= 15 is 0 Å². The maximum atomic E-state index is 13.6. The molecule has 5 rings (SSSR count). The first-order chi connectivity index (χ1) is 14.7. The molecule has 3 heterocycles. The number of hydrogen-bond acceptors (Lipinski definition) is 6. The molecule has 0 unspecified atom stereocenters. The van der Waals surface area contributed by atoms with Crippen LogP contribution >= 0.6 is 0 Å². The molecular weight excluding hydrogens is 385 g/mol. The van der Waals surface area contributed by atoms with Crippen LogP contribution in [-0.2, 0) is 11.3 Å². The van der Waals surface area contributed by atoms with E-state index in [1.165, 1.54) is 12.1 Å². The molecule has 30 heavy (non-hydrogen) atoms. The van der Waals surface area contributed by atoms with Crippen molar-refractivity contribution in [1.82, 2.24) is 19.5 Å². The molecule has 1 fully saturated rings. The van der Waals surface area contributed by atoms with E-state index in [-0.39, 0.29) is 11.6 Å². The predicted octanol–water partition coefficient (Wildman–Crippen LogP) is 3.22. The zero-order valence-corrected chi connectivity index (χ0v) is 16.2. The van der Waals surface area contributed by atoms with Crippen molar-refractivity contribution in [1.29, 1.82) is 0 Å². The van der Waals surface area contributed by atoms with Crippen molar-refractivity contribution in [2.75, 3.05) is 31.2 Å². The van der Waals surface area contributed by atoms with Gasteiger partial charge in [0.15, 0.2) is 5.65 Å². The third kappa shape index (κ3) is 3.57. The normalized spacial score (nSPS) is 14.4. The number of phenols is 1. The van der Waals surface area contributed by atoms with E-state index in [9.17, 15) is 9.50 Å². The summed E-state index contributed by atoms with van der Waals surface area (Å²) < 4.78 is 21.0. The van der Waals surface area contributed by atoms with Crippen LogP contribution in [0.1, 0.15) is 5.56 Å². The van der Waals surface area contributed by atoms with Crippen molar-refractivity contribution in [2.45, 2.75) is 6.54 Å². The summed E-state index contributed by atoms with van der Waals surface area (Å²) in [4.78, 5) is 16.2. The van der Waals surface area contributed by atoms with Gasteiger partial charge < -0.3 is 19.3 Å². The second-order valence-corrected chi connectivity index (χ2v) is 7.20. The Kier molecular flexibility index (Phi) is 4.76. The van der Waals surface area contributed by atoms with Crippen molar-refractivity contribution in [3.05, 3.63) is 66.2 Å². The van der Waals surface area contributed by atoms with E-state index in [1.807, 2.05) is 16.7 Å². The van der Waals surface area contributed by atoms with Crippen LogP contribution in [0.2, 0.25) is 0 Å². The Morgan fingerprint density at radius 2 is 1.87 bits per heavy atom. The number of nitrogens with zero attached hydrogens (tertiary/aromatic N) is 5. The van der Waals surface area contributed by atoms with Gasteiger partial charge in [-0.3, -0.25) is 0 Å². The number of ether oxygens (including phenoxy) is 1. The van der Waals surface area contributed by atoms with Crippen molar-refractivity contribution in [3.63, 3.8) is 0 Å². The highest BCUT2D eigenvalue weighted by Crippen LogP contribution is 2.30. The van der Waals surface area contributed by atoms with Gasteiger partial charge in [0.05, 0.1) is 26.1 Å². The molecule has 152 valence electrons. The molecule has 0 aliphatic carbocycles. The highest BCUT2D eigenvalue weighted by molar-refractivity contribution is 5.88. The van der Waals surface area contributed by atoms with Crippen LogP contribution in [0.15, 0.2) is 54.9 Å². The summed E-state index contributed by atoms with van der Waals surface area (Å²) in [6.45, 7) is 3.07. The molecule has 8 heteroatoms. The number of hydrogen-bond donors (Lipinski definition) is 1. The molecular formula is C22H20FN5O2. The van der Waals surface area contributed by atoms with Crippen LogP contribution in [0.3, 0.4) is 0 Å². The Labute approximate surface area is 172 Å². The molecule has 0 saturated carbocycles. The summed E-state index contributed by atoms with van der Waals surface area (Å²) in [5.41, 5.74) is 3.52. The lowest BCUT2D eigenvalue weighted by molar-refractivity contribution is 0.122. The SMILES string of the molecule is Oc1cccc(-c2nc(N3CCOCC3)nc3c2ncn3Cc2cccc(F)c2)c1. The van der Waals surface area contributed by atoms with E-state index in [0.717, 1.165) is 11.1 Å². The van der Waals surface area contributed by atoms with Gasteiger partial charge in [-0.05, 0) is 29.8 Å². The fraction of sp³-hybridized carbons (Fsp3) is 0.227. The highest BCUT2D eigenvalue weighted by atomic mass is 19.1. The second-order valence-electron chi connectivity index (χ2n) is 7.20. The minimum atomic E-state index is -0.277. The quantitative estimate of drug-likeness (QED) is 0.562. The fourth-order valence-electron chi connectivity index (χ4n) is 3.64. The van der Waals surface area contributed by atoms with Crippen molar-refractivity contribution < 1.29 is 14.2 Å². The van der Waals surface area contributed by atoms with E-state index in [1.54, 1.807) is 30.6 Å². The van der Waals surface area contributed by atoms with Gasteiger partial charge in [0.1, 0.15) is 22.8 Å². The van der Waals surface area contributed by atoms with E-state index in [2.05, 4.69) is 9.88 Å². The first-order valence-electron chi connectivity index (χ1n) is 9.77. The number of aromatic hydroxyl groups is 1. The van der Waals surface area contributed by atoms with Crippen LogP contribution < -0.4 is 4.90 Å². The number of aromatic nitrogens is 4. The molecule has 7 nitrogen and oxygen atoms in total. The third-order valence-corrected chi connectivity index (χ3v) is 5.11. The van der Waals surface area contributed by atoms with Gasteiger partial charge in [-0.1, -0.05) is 24.3 Å². The van der Waals surface area contributed by atoms with Gasteiger partial charge in [-0.15, -0.1) is 0 Å². The molecule has 1 aliphatic heterocycles. The summed E-state index contributed by atoms with van der Waals surface area (Å²) in [5, 5.41) is 9.96. The lowest BCUT2D eigenvalue weighted by atomic mass is 10.1. The Morgan fingerprint density at radius 3 is 2.67 bits per heavy atom. The van der Waals surface area contributed by atoms with Gasteiger partial charge >= 0.3 is 0 Å². The molecule has 2 aromatic heterocycles. The second kappa shape index (κ2) is 7.72. The lowest BCUT2D eigenvalue weighted by Crippen LogP contribution is -2.37. The minimum absolute atomic E-state index is 0.159. The number of phenolic OH excluding ortho intramolecular Hbond substituents is 1. The van der Waals surface area contributed by atoms with Gasteiger partial charge in [0, 0.05) is 18.7 Å². The molecule has 1 aliphatic rings. The topological polar surface area (TPSA) is 76.3 Å². The van der Waals surface area contributed by atoms with Gasteiger partial charge in [0.25, 0.3) is 0 Å². The Bertz CT molecular complexity index is 1200. The molecule has 1 N–H and O–H groups in total. The summed E-state index contributed by atoms with van der Waals surface area (Å²) in [7, 11) is 0. The molecule has 1 saturated heterocycles. The maximum Gasteiger partial charge on any atom is 0.228 e. The number of fused-ring (bicyclic) bond motifs is 1. The van der Waals surface area contributed by atoms with Gasteiger partial charge in [0.2, 0.25) is 5.95 Å². The largest absolute Gasteiger partial charge is 0.508 e. The standard InChI is InChI=1S/C22H20FN5O2/c23-17-5-1-3-15(11-17)13-28-14-24-20-19(16-4-2-6-18(29)12-16)25-22(26-21(20)28)27-7-9-30-10-8-27/h1-6,11-12,14,29H,7-10,13H2. The maximum absolute atomic E-state index is 13.6. The van der Waals surface area contributed by atoms with Crippen molar-refractivity contribution >= 4 is 17.1 Å². The van der Waals surface area contributed by atoms with E-state index < -0.39 is 0 Å². The molecule has 0 radical (unpaired) electrons. The van der Waals surface area contributed by atoms with Crippen LogP contribution in [0, 0.1) is 5.82 Å². The molecule has 2 aromatic carbocycles. The zero-order chi connectivity index (χ0) is 20.5. The van der Waals surface area contributed by atoms with Crippen molar-refractivity contribution in [3.8, 4) is 17.0 Å². The summed E-state index contributed by atoms with van der Waals surface area (Å²) >= 11 is 0. The van der Waals surface area contributed by atoms with Crippen LogP contribution in [-0.4, -0.2) is 50.9 Å². The first kappa shape index (κ1) is 18.5. The lowest BCUT2D eigenvalue weighted by Gasteiger charge is -2.27.